The maximum atomic E-state index is 12.5. The fourth-order valence-corrected chi connectivity index (χ4v) is 5.46. The molecule has 0 unspecified atom stereocenters. The maximum Gasteiger partial charge on any atom is 0.243 e. The van der Waals surface area contributed by atoms with Gasteiger partial charge in [0.2, 0.25) is 15.9 Å². The Morgan fingerprint density at radius 3 is 2.10 bits per heavy atom. The van der Waals surface area contributed by atoms with Crippen molar-refractivity contribution in [3.8, 4) is 0 Å². The summed E-state index contributed by atoms with van der Waals surface area (Å²) in [5, 5.41) is 5.62. The average molecular weight is 454 g/mol. The SMILES string of the molecule is CCN(CC)S(=O)(=O)c1ccc(NC(=O)CNc2cccc(S(C)(=O)=O)c2C)cc1. The lowest BCUT2D eigenvalue weighted by molar-refractivity contribution is -0.114. The molecule has 0 heterocycles. The van der Waals surface area contributed by atoms with Gasteiger partial charge in [0, 0.05) is 30.7 Å². The van der Waals surface area contributed by atoms with Crippen LogP contribution in [0.1, 0.15) is 19.4 Å². The molecule has 10 heteroatoms. The quantitative estimate of drug-likeness (QED) is 0.603. The summed E-state index contributed by atoms with van der Waals surface area (Å²) in [6.07, 6.45) is 1.13. The highest BCUT2D eigenvalue weighted by Gasteiger charge is 2.21. The Bertz CT molecular complexity index is 1110. The van der Waals surface area contributed by atoms with E-state index >= 15 is 0 Å². The molecule has 0 aliphatic heterocycles. The van der Waals surface area contributed by atoms with Crippen molar-refractivity contribution in [1.82, 2.24) is 4.31 Å². The molecule has 2 N–H and O–H groups in total. The molecule has 0 bridgehead atoms. The van der Waals surface area contributed by atoms with Gasteiger partial charge in [-0.3, -0.25) is 4.79 Å². The third-order valence-electron chi connectivity index (χ3n) is 4.60. The number of carbonyl (C=O) groups excluding carboxylic acids is 1. The molecular weight excluding hydrogens is 426 g/mol. The highest BCUT2D eigenvalue weighted by Crippen LogP contribution is 2.23. The van der Waals surface area contributed by atoms with Gasteiger partial charge >= 0.3 is 0 Å². The number of nitrogens with one attached hydrogen (secondary N) is 2. The van der Waals surface area contributed by atoms with Crippen LogP contribution in [-0.2, 0) is 24.7 Å². The molecule has 0 aromatic heterocycles. The Morgan fingerprint density at radius 2 is 1.57 bits per heavy atom. The van der Waals surface area contributed by atoms with E-state index in [-0.39, 0.29) is 22.2 Å². The van der Waals surface area contributed by atoms with Crippen molar-refractivity contribution < 1.29 is 21.6 Å². The molecule has 0 saturated carbocycles. The fraction of sp³-hybridized carbons (Fsp3) is 0.350. The standard InChI is InChI=1S/C20H27N3O5S2/c1-5-23(6-2)30(27,28)17-12-10-16(11-13-17)22-20(24)14-21-18-8-7-9-19(15(18)3)29(4,25)26/h7-13,21H,5-6,14H2,1-4H3,(H,22,24). The lowest BCUT2D eigenvalue weighted by atomic mass is 10.2. The summed E-state index contributed by atoms with van der Waals surface area (Å²) in [7, 11) is -6.92. The molecule has 2 rings (SSSR count). The number of benzene rings is 2. The summed E-state index contributed by atoms with van der Waals surface area (Å²) in [4.78, 5) is 12.6. The lowest BCUT2D eigenvalue weighted by Crippen LogP contribution is -2.30. The summed E-state index contributed by atoms with van der Waals surface area (Å²) in [5.74, 6) is -0.349. The zero-order valence-electron chi connectivity index (χ0n) is 17.5. The molecule has 0 fully saturated rings. The van der Waals surface area contributed by atoms with Crippen LogP contribution in [0.3, 0.4) is 0 Å². The van der Waals surface area contributed by atoms with Crippen LogP contribution in [0.5, 0.6) is 0 Å². The van der Waals surface area contributed by atoms with E-state index in [2.05, 4.69) is 10.6 Å². The third-order valence-corrected chi connectivity index (χ3v) is 7.91. The second kappa shape index (κ2) is 9.59. The first kappa shape index (κ1) is 23.8. The van der Waals surface area contributed by atoms with Crippen LogP contribution in [0, 0.1) is 6.92 Å². The smallest absolute Gasteiger partial charge is 0.243 e. The van der Waals surface area contributed by atoms with E-state index < -0.39 is 19.9 Å². The zero-order valence-corrected chi connectivity index (χ0v) is 19.1. The molecule has 2 aromatic rings. The van der Waals surface area contributed by atoms with Crippen molar-refractivity contribution >= 4 is 37.1 Å². The monoisotopic (exact) mass is 453 g/mol. The minimum atomic E-state index is -3.55. The van der Waals surface area contributed by atoms with E-state index in [9.17, 15) is 21.6 Å². The molecule has 0 radical (unpaired) electrons. The van der Waals surface area contributed by atoms with Crippen LogP contribution in [0.25, 0.3) is 0 Å². The lowest BCUT2D eigenvalue weighted by Gasteiger charge is -2.18. The van der Waals surface area contributed by atoms with Crippen molar-refractivity contribution in [2.75, 3.05) is 36.5 Å². The maximum absolute atomic E-state index is 12.5. The van der Waals surface area contributed by atoms with Crippen LogP contribution >= 0.6 is 0 Å². The van der Waals surface area contributed by atoms with E-state index in [4.69, 9.17) is 0 Å². The van der Waals surface area contributed by atoms with Crippen molar-refractivity contribution in [2.24, 2.45) is 0 Å². The minimum Gasteiger partial charge on any atom is -0.376 e. The number of hydrogen-bond acceptors (Lipinski definition) is 6. The van der Waals surface area contributed by atoms with Gasteiger partial charge in [-0.15, -0.1) is 0 Å². The number of amides is 1. The predicted octanol–water partition coefficient (Wildman–Crippen LogP) is 2.48. The Labute approximate surface area is 178 Å². The molecule has 1 amide bonds. The Balaban J connectivity index is 2.05. The van der Waals surface area contributed by atoms with E-state index in [1.54, 1.807) is 32.9 Å². The number of carbonyl (C=O) groups is 1. The van der Waals surface area contributed by atoms with E-state index in [0.29, 0.717) is 30.0 Å². The second-order valence-electron chi connectivity index (χ2n) is 6.72. The number of sulfonamides is 1. The first-order valence-corrected chi connectivity index (χ1v) is 12.8. The largest absolute Gasteiger partial charge is 0.376 e. The number of hydrogen-bond donors (Lipinski definition) is 2. The van der Waals surface area contributed by atoms with Gasteiger partial charge in [-0.05, 0) is 48.9 Å². The van der Waals surface area contributed by atoms with Gasteiger partial charge in [-0.25, -0.2) is 16.8 Å². The zero-order chi connectivity index (χ0) is 22.5. The summed E-state index contributed by atoms with van der Waals surface area (Å²) in [5.41, 5.74) is 1.55. The van der Waals surface area contributed by atoms with Crippen molar-refractivity contribution in [2.45, 2.75) is 30.6 Å². The third kappa shape index (κ3) is 5.59. The van der Waals surface area contributed by atoms with Gasteiger partial charge in [0.1, 0.15) is 0 Å². The first-order valence-electron chi connectivity index (χ1n) is 9.44. The summed E-state index contributed by atoms with van der Waals surface area (Å²) in [6.45, 7) is 5.90. The predicted molar refractivity (Wildman–Crippen MR) is 118 cm³/mol. The highest BCUT2D eigenvalue weighted by atomic mass is 32.2. The highest BCUT2D eigenvalue weighted by molar-refractivity contribution is 7.90. The van der Waals surface area contributed by atoms with Gasteiger partial charge in [-0.2, -0.15) is 4.31 Å². The minimum absolute atomic E-state index is 0.0758. The van der Waals surface area contributed by atoms with E-state index in [1.807, 2.05) is 0 Å². The number of rotatable bonds is 9. The Kier molecular flexibility index (Phi) is 7.62. The number of anilines is 2. The van der Waals surface area contributed by atoms with Gasteiger partial charge in [0.25, 0.3) is 0 Å². The normalized spacial score (nSPS) is 12.0. The van der Waals surface area contributed by atoms with Crippen molar-refractivity contribution in [3.05, 3.63) is 48.0 Å². The molecule has 164 valence electrons. The van der Waals surface area contributed by atoms with Crippen LogP contribution in [0.4, 0.5) is 11.4 Å². The number of sulfone groups is 1. The second-order valence-corrected chi connectivity index (χ2v) is 10.6. The number of nitrogens with zero attached hydrogens (tertiary/aromatic N) is 1. The molecule has 0 saturated heterocycles. The van der Waals surface area contributed by atoms with Crippen LogP contribution < -0.4 is 10.6 Å². The Hall–Kier alpha value is -2.43. The van der Waals surface area contributed by atoms with Crippen molar-refractivity contribution in [3.63, 3.8) is 0 Å². The Morgan fingerprint density at radius 1 is 0.967 bits per heavy atom. The van der Waals surface area contributed by atoms with Crippen LogP contribution in [0.15, 0.2) is 52.3 Å². The molecule has 0 aliphatic carbocycles. The molecule has 0 atom stereocenters. The molecule has 0 spiro atoms. The molecule has 8 nitrogen and oxygen atoms in total. The van der Waals surface area contributed by atoms with E-state index in [1.165, 1.54) is 34.6 Å². The summed E-state index contributed by atoms with van der Waals surface area (Å²) < 4.78 is 50.0. The van der Waals surface area contributed by atoms with Gasteiger partial charge in [0.05, 0.1) is 16.3 Å². The molecule has 30 heavy (non-hydrogen) atoms. The van der Waals surface area contributed by atoms with Crippen LogP contribution in [0.2, 0.25) is 0 Å². The van der Waals surface area contributed by atoms with Gasteiger partial charge < -0.3 is 10.6 Å². The van der Waals surface area contributed by atoms with Crippen molar-refractivity contribution in [1.29, 1.82) is 0 Å². The summed E-state index contributed by atoms with van der Waals surface area (Å²) in [6, 6.07) is 10.8. The molecule has 2 aromatic carbocycles. The average Bonchev–Trinajstić information content (AvgIpc) is 2.67. The topological polar surface area (TPSA) is 113 Å². The summed E-state index contributed by atoms with van der Waals surface area (Å²) >= 11 is 0. The van der Waals surface area contributed by atoms with E-state index in [0.717, 1.165) is 6.26 Å². The molecular formula is C20H27N3O5S2. The molecule has 0 aliphatic rings. The first-order chi connectivity index (χ1) is 14.0. The van der Waals surface area contributed by atoms with Gasteiger partial charge in [0.15, 0.2) is 9.84 Å². The fourth-order valence-electron chi connectivity index (χ4n) is 3.01. The van der Waals surface area contributed by atoms with Crippen LogP contribution in [-0.4, -0.2) is 52.9 Å². The van der Waals surface area contributed by atoms with Gasteiger partial charge in [-0.1, -0.05) is 19.9 Å².